The van der Waals surface area contributed by atoms with Crippen molar-refractivity contribution in [3.63, 3.8) is 0 Å². The average Bonchev–Trinajstić information content (AvgIpc) is 3.32. The van der Waals surface area contributed by atoms with Crippen molar-refractivity contribution >= 4 is 22.8 Å². The highest BCUT2D eigenvalue weighted by molar-refractivity contribution is 5.96. The Morgan fingerprint density at radius 2 is 1.94 bits per heavy atom. The van der Waals surface area contributed by atoms with Crippen LogP contribution in [0.5, 0.6) is 11.5 Å². The Morgan fingerprint density at radius 3 is 2.71 bits per heavy atom. The predicted octanol–water partition coefficient (Wildman–Crippen LogP) is 3.61. The molecular formula is C26H27NO7. The summed E-state index contributed by atoms with van der Waals surface area (Å²) in [7, 11) is 0. The summed E-state index contributed by atoms with van der Waals surface area (Å²) in [5.74, 6) is -0.271. The largest absolute Gasteiger partial charge is 0.482 e. The van der Waals surface area contributed by atoms with Crippen molar-refractivity contribution in [1.82, 2.24) is 5.32 Å². The number of hydrogen-bond donors (Lipinski definition) is 1. The zero-order chi connectivity index (χ0) is 24.2. The second kappa shape index (κ2) is 10.1. The molecule has 1 saturated heterocycles. The van der Waals surface area contributed by atoms with E-state index in [1.54, 1.807) is 12.1 Å². The third-order valence-electron chi connectivity index (χ3n) is 5.81. The van der Waals surface area contributed by atoms with Gasteiger partial charge in [0.25, 0.3) is 5.91 Å². The van der Waals surface area contributed by atoms with Crippen LogP contribution in [0.1, 0.15) is 39.9 Å². The highest BCUT2D eigenvalue weighted by Crippen LogP contribution is 2.24. The lowest BCUT2D eigenvalue weighted by Crippen LogP contribution is -2.34. The van der Waals surface area contributed by atoms with Crippen LogP contribution in [0.15, 0.2) is 45.6 Å². The van der Waals surface area contributed by atoms with E-state index in [2.05, 4.69) is 5.32 Å². The molecule has 1 aliphatic rings. The molecule has 0 aliphatic carbocycles. The Bertz CT molecular complexity index is 1290. The number of carbonyl (C=O) groups is 2. The first-order valence-electron chi connectivity index (χ1n) is 11.2. The lowest BCUT2D eigenvalue weighted by Gasteiger charge is -2.12. The van der Waals surface area contributed by atoms with E-state index in [1.807, 2.05) is 32.9 Å². The molecule has 8 nitrogen and oxygen atoms in total. The standard InChI is InChI=1S/C26H27NO7/c1-15-9-16(2)17(3)22(10-15)32-14-24(28)33-19-7-6-18-11-21(26(30)34-23(18)12-19)25(29)27-13-20-5-4-8-31-20/h6-7,9-12,20H,4-5,8,13-14H2,1-3H3,(H,27,29). The Hall–Kier alpha value is -3.65. The molecule has 1 fully saturated rings. The molecule has 0 bridgehead atoms. The SMILES string of the molecule is Cc1cc(C)c(C)c(OCC(=O)Oc2ccc3cc(C(=O)NCC4CCCO4)c(=O)oc3c2)c1. The number of benzene rings is 2. The van der Waals surface area contributed by atoms with E-state index in [1.165, 1.54) is 12.1 Å². The van der Waals surface area contributed by atoms with Gasteiger partial charge in [0, 0.05) is 24.6 Å². The minimum absolute atomic E-state index is 0.0310. The predicted molar refractivity (Wildman–Crippen MR) is 126 cm³/mol. The number of fused-ring (bicyclic) bond motifs is 1. The smallest absolute Gasteiger partial charge is 0.349 e. The third-order valence-corrected chi connectivity index (χ3v) is 5.81. The second-order valence-corrected chi connectivity index (χ2v) is 8.46. The van der Waals surface area contributed by atoms with Gasteiger partial charge in [0.1, 0.15) is 22.6 Å². The maximum absolute atomic E-state index is 12.4. The average molecular weight is 466 g/mol. The van der Waals surface area contributed by atoms with E-state index >= 15 is 0 Å². The maximum Gasteiger partial charge on any atom is 0.349 e. The van der Waals surface area contributed by atoms with Gasteiger partial charge in [-0.15, -0.1) is 0 Å². The summed E-state index contributed by atoms with van der Waals surface area (Å²) in [6.45, 7) is 6.63. The topological polar surface area (TPSA) is 104 Å². The van der Waals surface area contributed by atoms with Crippen molar-refractivity contribution in [2.24, 2.45) is 0 Å². The minimum atomic E-state index is -0.769. The van der Waals surface area contributed by atoms with Crippen LogP contribution in [0.25, 0.3) is 11.0 Å². The first-order valence-corrected chi connectivity index (χ1v) is 11.2. The molecule has 1 amide bonds. The van der Waals surface area contributed by atoms with E-state index in [0.29, 0.717) is 24.3 Å². The molecule has 1 aliphatic heterocycles. The Balaban J connectivity index is 1.41. The van der Waals surface area contributed by atoms with Crippen LogP contribution in [0.4, 0.5) is 0 Å². The summed E-state index contributed by atoms with van der Waals surface area (Å²) < 4.78 is 21.8. The molecule has 0 radical (unpaired) electrons. The maximum atomic E-state index is 12.4. The normalized spacial score (nSPS) is 15.3. The van der Waals surface area contributed by atoms with Gasteiger partial charge in [-0.05, 0) is 74.6 Å². The monoisotopic (exact) mass is 465 g/mol. The molecule has 0 spiro atoms. The quantitative estimate of drug-likeness (QED) is 0.323. The van der Waals surface area contributed by atoms with Gasteiger partial charge >= 0.3 is 11.6 Å². The number of esters is 1. The van der Waals surface area contributed by atoms with Crippen molar-refractivity contribution in [3.8, 4) is 11.5 Å². The number of aryl methyl sites for hydroxylation is 2. The third kappa shape index (κ3) is 5.46. The molecule has 4 rings (SSSR count). The molecular weight excluding hydrogens is 438 g/mol. The van der Waals surface area contributed by atoms with Gasteiger partial charge in [0.05, 0.1) is 6.10 Å². The number of carbonyl (C=O) groups excluding carboxylic acids is 2. The zero-order valence-electron chi connectivity index (χ0n) is 19.4. The summed E-state index contributed by atoms with van der Waals surface area (Å²) in [5, 5.41) is 3.25. The van der Waals surface area contributed by atoms with Crippen LogP contribution in [0.3, 0.4) is 0 Å². The first kappa shape index (κ1) is 23.5. The molecule has 34 heavy (non-hydrogen) atoms. The fourth-order valence-electron chi connectivity index (χ4n) is 3.87. The van der Waals surface area contributed by atoms with Crippen LogP contribution < -0.4 is 20.4 Å². The molecule has 8 heteroatoms. The fraction of sp³-hybridized carbons (Fsp3) is 0.346. The molecule has 1 unspecified atom stereocenters. The number of hydrogen-bond acceptors (Lipinski definition) is 7. The molecule has 178 valence electrons. The summed E-state index contributed by atoms with van der Waals surface area (Å²) >= 11 is 0. The second-order valence-electron chi connectivity index (χ2n) is 8.46. The molecule has 2 heterocycles. The summed E-state index contributed by atoms with van der Waals surface area (Å²) in [5.41, 5.74) is 2.42. The minimum Gasteiger partial charge on any atom is -0.482 e. The molecule has 2 aromatic carbocycles. The molecule has 3 aromatic rings. The Labute approximate surface area is 196 Å². The molecule has 1 atom stereocenters. The van der Waals surface area contributed by atoms with E-state index < -0.39 is 17.5 Å². The summed E-state index contributed by atoms with van der Waals surface area (Å²) in [6, 6.07) is 9.99. The zero-order valence-corrected chi connectivity index (χ0v) is 19.4. The number of nitrogens with one attached hydrogen (secondary N) is 1. The number of amides is 1. The van der Waals surface area contributed by atoms with Crippen molar-refractivity contribution in [2.45, 2.75) is 39.7 Å². The van der Waals surface area contributed by atoms with E-state index in [9.17, 15) is 14.4 Å². The Kier molecular flexibility index (Phi) is 6.98. The van der Waals surface area contributed by atoms with E-state index in [4.69, 9.17) is 18.6 Å². The van der Waals surface area contributed by atoms with Crippen molar-refractivity contribution in [1.29, 1.82) is 0 Å². The summed E-state index contributed by atoms with van der Waals surface area (Å²) in [6.07, 6.45) is 1.81. The lowest BCUT2D eigenvalue weighted by atomic mass is 10.1. The van der Waals surface area contributed by atoms with Gasteiger partial charge in [0.15, 0.2) is 6.61 Å². The van der Waals surface area contributed by atoms with E-state index in [-0.39, 0.29) is 29.6 Å². The first-order chi connectivity index (χ1) is 16.3. The van der Waals surface area contributed by atoms with Crippen LogP contribution in [-0.2, 0) is 9.53 Å². The van der Waals surface area contributed by atoms with E-state index in [0.717, 1.165) is 29.5 Å². The highest BCUT2D eigenvalue weighted by Gasteiger charge is 2.19. The highest BCUT2D eigenvalue weighted by atomic mass is 16.6. The van der Waals surface area contributed by atoms with Gasteiger partial charge in [-0.3, -0.25) is 4.79 Å². The lowest BCUT2D eigenvalue weighted by molar-refractivity contribution is -0.136. The van der Waals surface area contributed by atoms with Crippen LogP contribution in [0, 0.1) is 20.8 Å². The van der Waals surface area contributed by atoms with Gasteiger partial charge in [-0.2, -0.15) is 0 Å². The molecule has 1 aromatic heterocycles. The van der Waals surface area contributed by atoms with Crippen LogP contribution >= 0.6 is 0 Å². The summed E-state index contributed by atoms with van der Waals surface area (Å²) in [4.78, 5) is 37.1. The number of rotatable bonds is 7. The van der Waals surface area contributed by atoms with Gasteiger partial charge in [0.2, 0.25) is 0 Å². The van der Waals surface area contributed by atoms with Gasteiger partial charge < -0.3 is 23.9 Å². The van der Waals surface area contributed by atoms with Gasteiger partial charge in [-0.25, -0.2) is 9.59 Å². The van der Waals surface area contributed by atoms with Crippen molar-refractivity contribution in [2.75, 3.05) is 19.8 Å². The van der Waals surface area contributed by atoms with Gasteiger partial charge in [-0.1, -0.05) is 6.07 Å². The van der Waals surface area contributed by atoms with Crippen molar-refractivity contribution < 1.29 is 28.2 Å². The van der Waals surface area contributed by atoms with Crippen LogP contribution in [0.2, 0.25) is 0 Å². The van der Waals surface area contributed by atoms with Crippen molar-refractivity contribution in [3.05, 3.63) is 69.1 Å². The van der Waals surface area contributed by atoms with Crippen LogP contribution in [-0.4, -0.2) is 37.7 Å². The number of ether oxygens (including phenoxy) is 3. The Morgan fingerprint density at radius 1 is 1.12 bits per heavy atom. The molecule has 0 saturated carbocycles. The fourth-order valence-corrected chi connectivity index (χ4v) is 3.87. The molecule has 1 N–H and O–H groups in total.